The van der Waals surface area contributed by atoms with Gasteiger partial charge in [-0.2, -0.15) is 0 Å². The number of hydrogen-bond acceptors (Lipinski definition) is 2. The molecule has 26 heavy (non-hydrogen) atoms. The molecule has 3 rings (SSSR count). The molecule has 0 aromatic heterocycles. The van der Waals surface area contributed by atoms with Crippen molar-refractivity contribution >= 4 is 23.5 Å². The lowest BCUT2D eigenvalue weighted by atomic mass is 9.81. The predicted molar refractivity (Wildman–Crippen MR) is 102 cm³/mol. The summed E-state index contributed by atoms with van der Waals surface area (Å²) in [6, 6.07) is 15.6. The molecule has 5 heteroatoms. The quantitative estimate of drug-likeness (QED) is 0.812. The van der Waals surface area contributed by atoms with Gasteiger partial charge in [0.1, 0.15) is 0 Å². The zero-order chi connectivity index (χ0) is 18.5. The first-order chi connectivity index (χ1) is 12.5. The van der Waals surface area contributed by atoms with Crippen LogP contribution >= 0.6 is 11.6 Å². The van der Waals surface area contributed by atoms with E-state index in [1.807, 2.05) is 48.5 Å². The van der Waals surface area contributed by atoms with Crippen molar-refractivity contribution < 1.29 is 14.7 Å². The second kappa shape index (κ2) is 8.37. The molecule has 0 unspecified atom stereocenters. The van der Waals surface area contributed by atoms with E-state index in [2.05, 4.69) is 5.32 Å². The number of hydrogen-bond donors (Lipinski definition) is 2. The Hall–Kier alpha value is -2.33. The maximum Gasteiger partial charge on any atom is 0.306 e. The van der Waals surface area contributed by atoms with Crippen LogP contribution in [-0.2, 0) is 16.1 Å². The summed E-state index contributed by atoms with van der Waals surface area (Å²) in [5.74, 6) is -1.13. The smallest absolute Gasteiger partial charge is 0.306 e. The maximum absolute atomic E-state index is 12.5. The average Bonchev–Trinajstić information content (AvgIpc) is 2.67. The van der Waals surface area contributed by atoms with E-state index in [1.165, 1.54) is 0 Å². The number of benzene rings is 2. The fraction of sp³-hybridized carbons (Fsp3) is 0.333. The van der Waals surface area contributed by atoms with Gasteiger partial charge >= 0.3 is 5.97 Å². The van der Waals surface area contributed by atoms with Gasteiger partial charge in [-0.3, -0.25) is 9.59 Å². The molecule has 2 aromatic carbocycles. The lowest BCUT2D eigenvalue weighted by Crippen LogP contribution is -2.34. The molecule has 0 bridgehead atoms. The van der Waals surface area contributed by atoms with E-state index in [4.69, 9.17) is 16.7 Å². The van der Waals surface area contributed by atoms with Crippen LogP contribution in [0.2, 0.25) is 5.02 Å². The first-order valence-corrected chi connectivity index (χ1v) is 9.26. The van der Waals surface area contributed by atoms with Gasteiger partial charge in [0, 0.05) is 17.5 Å². The van der Waals surface area contributed by atoms with Crippen molar-refractivity contribution in [3.63, 3.8) is 0 Å². The van der Waals surface area contributed by atoms with E-state index in [-0.39, 0.29) is 17.7 Å². The summed E-state index contributed by atoms with van der Waals surface area (Å²) in [5, 5.41) is 12.8. The topological polar surface area (TPSA) is 66.4 Å². The molecule has 1 fully saturated rings. The summed E-state index contributed by atoms with van der Waals surface area (Å²) in [6.07, 6.45) is 2.44. The van der Waals surface area contributed by atoms with Gasteiger partial charge in [0.05, 0.1) is 5.92 Å². The van der Waals surface area contributed by atoms with Crippen LogP contribution < -0.4 is 5.32 Å². The SMILES string of the molecule is O=C(O)C1CCC(C(=O)NCc2ccccc2-c2ccc(Cl)cc2)CC1. The number of amides is 1. The first-order valence-electron chi connectivity index (χ1n) is 8.89. The zero-order valence-corrected chi connectivity index (χ0v) is 15.2. The van der Waals surface area contributed by atoms with Crippen molar-refractivity contribution in [2.24, 2.45) is 11.8 Å². The lowest BCUT2D eigenvalue weighted by Gasteiger charge is -2.25. The standard InChI is InChI=1S/C21H22ClNO3/c22-18-11-9-14(10-12-18)19-4-2-1-3-17(19)13-23-20(24)15-5-7-16(8-6-15)21(25)26/h1-4,9-12,15-16H,5-8,13H2,(H,23,24)(H,25,26). The Kier molecular flexibility index (Phi) is 5.94. The largest absolute Gasteiger partial charge is 0.481 e. The van der Waals surface area contributed by atoms with Crippen LogP contribution in [0.3, 0.4) is 0 Å². The van der Waals surface area contributed by atoms with E-state index in [0.717, 1.165) is 16.7 Å². The molecule has 2 aromatic rings. The molecular formula is C21H22ClNO3. The fourth-order valence-corrected chi connectivity index (χ4v) is 3.64. The van der Waals surface area contributed by atoms with Crippen LogP contribution in [0.1, 0.15) is 31.2 Å². The molecule has 136 valence electrons. The molecule has 1 aliphatic rings. The molecule has 0 radical (unpaired) electrons. The Morgan fingerprint density at radius 2 is 1.58 bits per heavy atom. The van der Waals surface area contributed by atoms with Crippen LogP contribution in [-0.4, -0.2) is 17.0 Å². The van der Waals surface area contributed by atoms with Crippen LogP contribution in [0.5, 0.6) is 0 Å². The molecule has 0 heterocycles. The van der Waals surface area contributed by atoms with E-state index in [0.29, 0.717) is 37.3 Å². The normalized spacial score (nSPS) is 19.7. The minimum Gasteiger partial charge on any atom is -0.481 e. The summed E-state index contributed by atoms with van der Waals surface area (Å²) in [6.45, 7) is 0.455. The summed E-state index contributed by atoms with van der Waals surface area (Å²) in [5.41, 5.74) is 3.17. The highest BCUT2D eigenvalue weighted by molar-refractivity contribution is 6.30. The molecule has 0 aliphatic heterocycles. The van der Waals surface area contributed by atoms with E-state index < -0.39 is 5.97 Å². The number of aliphatic carboxylic acids is 1. The van der Waals surface area contributed by atoms with Crippen molar-refractivity contribution in [3.05, 3.63) is 59.1 Å². The van der Waals surface area contributed by atoms with Crippen molar-refractivity contribution in [1.29, 1.82) is 0 Å². The van der Waals surface area contributed by atoms with Crippen LogP contribution in [0.4, 0.5) is 0 Å². The van der Waals surface area contributed by atoms with Gasteiger partial charge in [0.2, 0.25) is 5.91 Å². The van der Waals surface area contributed by atoms with E-state index in [1.54, 1.807) is 0 Å². The first kappa shape index (κ1) is 18.5. The third-order valence-corrected chi connectivity index (χ3v) is 5.32. The molecule has 1 aliphatic carbocycles. The number of nitrogens with one attached hydrogen (secondary N) is 1. The number of carboxylic acids is 1. The molecule has 4 nitrogen and oxygen atoms in total. The Morgan fingerprint density at radius 1 is 0.962 bits per heavy atom. The van der Waals surface area contributed by atoms with Gasteiger partial charge in [-0.25, -0.2) is 0 Å². The highest BCUT2D eigenvalue weighted by atomic mass is 35.5. The fourth-order valence-electron chi connectivity index (χ4n) is 3.51. The average molecular weight is 372 g/mol. The summed E-state index contributed by atoms with van der Waals surface area (Å²) in [7, 11) is 0. The van der Waals surface area contributed by atoms with Crippen molar-refractivity contribution in [3.8, 4) is 11.1 Å². The Bertz CT molecular complexity index is 780. The minimum atomic E-state index is -0.749. The minimum absolute atomic E-state index is 0.0137. The molecule has 1 saturated carbocycles. The molecule has 0 atom stereocenters. The van der Waals surface area contributed by atoms with Crippen LogP contribution in [0.25, 0.3) is 11.1 Å². The Labute approximate surface area is 158 Å². The van der Waals surface area contributed by atoms with Gasteiger partial charge in [-0.05, 0) is 54.5 Å². The summed E-state index contributed by atoms with van der Waals surface area (Å²) in [4.78, 5) is 23.5. The Morgan fingerprint density at radius 3 is 2.23 bits per heavy atom. The van der Waals surface area contributed by atoms with Crippen molar-refractivity contribution in [1.82, 2.24) is 5.32 Å². The highest BCUT2D eigenvalue weighted by Gasteiger charge is 2.29. The zero-order valence-electron chi connectivity index (χ0n) is 14.5. The Balaban J connectivity index is 1.62. The van der Waals surface area contributed by atoms with Crippen molar-refractivity contribution in [2.45, 2.75) is 32.2 Å². The van der Waals surface area contributed by atoms with Gasteiger partial charge in [-0.1, -0.05) is 48.0 Å². The maximum atomic E-state index is 12.5. The van der Waals surface area contributed by atoms with Crippen LogP contribution in [0.15, 0.2) is 48.5 Å². The van der Waals surface area contributed by atoms with Gasteiger partial charge in [0.15, 0.2) is 0 Å². The van der Waals surface area contributed by atoms with Gasteiger partial charge in [-0.15, -0.1) is 0 Å². The van der Waals surface area contributed by atoms with Crippen molar-refractivity contribution in [2.75, 3.05) is 0 Å². The lowest BCUT2D eigenvalue weighted by molar-refractivity contribution is -0.144. The molecule has 0 spiro atoms. The van der Waals surface area contributed by atoms with E-state index in [9.17, 15) is 9.59 Å². The van der Waals surface area contributed by atoms with Crippen LogP contribution in [0, 0.1) is 11.8 Å². The number of carbonyl (C=O) groups excluding carboxylic acids is 1. The second-order valence-corrected chi connectivity index (χ2v) is 7.21. The third-order valence-electron chi connectivity index (χ3n) is 5.07. The van der Waals surface area contributed by atoms with Gasteiger partial charge < -0.3 is 10.4 Å². The molecular weight excluding hydrogens is 350 g/mol. The molecule has 0 saturated heterocycles. The summed E-state index contributed by atoms with van der Waals surface area (Å²) < 4.78 is 0. The predicted octanol–water partition coefficient (Wildman–Crippen LogP) is 4.51. The highest BCUT2D eigenvalue weighted by Crippen LogP contribution is 2.29. The van der Waals surface area contributed by atoms with E-state index >= 15 is 0 Å². The third kappa shape index (κ3) is 4.44. The number of rotatable bonds is 5. The molecule has 2 N–H and O–H groups in total. The summed E-state index contributed by atoms with van der Waals surface area (Å²) >= 11 is 5.96. The number of carboxylic acid groups (broad SMARTS) is 1. The van der Waals surface area contributed by atoms with Gasteiger partial charge in [0.25, 0.3) is 0 Å². The molecule has 1 amide bonds. The second-order valence-electron chi connectivity index (χ2n) is 6.77. The number of halogens is 1. The monoisotopic (exact) mass is 371 g/mol. The number of carbonyl (C=O) groups is 2.